The van der Waals surface area contributed by atoms with Crippen LogP contribution in [0.25, 0.3) is 0 Å². The minimum Gasteiger partial charge on any atom is -0.465 e. The monoisotopic (exact) mass is 312 g/mol. The number of ether oxygens (including phenoxy) is 1. The fourth-order valence-electron chi connectivity index (χ4n) is 2.43. The number of hydrogen-bond donors (Lipinski definition) is 1. The number of hydrogen-bond acceptors (Lipinski definition) is 5. The van der Waals surface area contributed by atoms with Crippen LogP contribution in [0.4, 0.5) is 0 Å². The van der Waals surface area contributed by atoms with Gasteiger partial charge in [0.15, 0.2) is 0 Å². The van der Waals surface area contributed by atoms with Crippen molar-refractivity contribution < 1.29 is 17.9 Å². The van der Waals surface area contributed by atoms with Gasteiger partial charge >= 0.3 is 5.97 Å². The van der Waals surface area contributed by atoms with Crippen molar-refractivity contribution in [3.8, 4) is 0 Å². The predicted octanol–water partition coefficient (Wildman–Crippen LogP) is 0.764. The SMILES string of the molecule is COC(=O)c1ccc(C)c(S(=O)(=O)N2CCNCC2C)c1. The number of methoxy groups -OCH3 is 1. The van der Waals surface area contributed by atoms with E-state index in [1.165, 1.54) is 17.5 Å². The zero-order valence-electron chi connectivity index (χ0n) is 12.4. The van der Waals surface area contributed by atoms with E-state index in [1.54, 1.807) is 19.1 Å². The minimum absolute atomic E-state index is 0.120. The highest BCUT2D eigenvalue weighted by Gasteiger charge is 2.32. The molecule has 1 saturated heterocycles. The van der Waals surface area contributed by atoms with Crippen LogP contribution in [0.1, 0.15) is 22.8 Å². The number of nitrogens with one attached hydrogen (secondary N) is 1. The van der Waals surface area contributed by atoms with Gasteiger partial charge in [-0.15, -0.1) is 0 Å². The van der Waals surface area contributed by atoms with Crippen molar-refractivity contribution in [2.24, 2.45) is 0 Å². The van der Waals surface area contributed by atoms with E-state index in [9.17, 15) is 13.2 Å². The molecule has 1 aromatic rings. The number of nitrogens with zero attached hydrogens (tertiary/aromatic N) is 1. The molecule has 1 aromatic carbocycles. The summed E-state index contributed by atoms with van der Waals surface area (Å²) in [4.78, 5) is 11.8. The van der Waals surface area contributed by atoms with Crippen LogP contribution in [0.15, 0.2) is 23.1 Å². The van der Waals surface area contributed by atoms with Crippen molar-refractivity contribution in [1.29, 1.82) is 0 Å². The van der Waals surface area contributed by atoms with Gasteiger partial charge in [0.2, 0.25) is 10.0 Å². The van der Waals surface area contributed by atoms with Crippen molar-refractivity contribution >= 4 is 16.0 Å². The summed E-state index contributed by atoms with van der Waals surface area (Å²) in [6.45, 7) is 5.25. The smallest absolute Gasteiger partial charge is 0.337 e. The standard InChI is InChI=1S/C14H20N2O4S/c1-10-4-5-12(14(17)20-3)8-13(10)21(18,19)16-7-6-15-9-11(16)2/h4-5,8,11,15H,6-7,9H2,1-3H3. The molecule has 0 bridgehead atoms. The van der Waals surface area contributed by atoms with Gasteiger partial charge in [-0.2, -0.15) is 4.31 Å². The molecule has 1 aliphatic heterocycles. The molecular weight excluding hydrogens is 292 g/mol. The van der Waals surface area contributed by atoms with Crippen LogP contribution in [0, 0.1) is 6.92 Å². The molecule has 0 saturated carbocycles. The molecule has 6 nitrogen and oxygen atoms in total. The van der Waals surface area contributed by atoms with Crippen LogP contribution in [0.5, 0.6) is 0 Å². The Balaban J connectivity index is 2.46. The Kier molecular flexibility index (Phi) is 4.65. The fourth-order valence-corrected chi connectivity index (χ4v) is 4.31. The summed E-state index contributed by atoms with van der Waals surface area (Å²) >= 11 is 0. The van der Waals surface area contributed by atoms with Gasteiger partial charge < -0.3 is 10.1 Å². The predicted molar refractivity (Wildman–Crippen MR) is 78.7 cm³/mol. The van der Waals surface area contributed by atoms with E-state index in [2.05, 4.69) is 10.1 Å². The van der Waals surface area contributed by atoms with E-state index in [0.717, 1.165) is 0 Å². The Morgan fingerprint density at radius 2 is 2.14 bits per heavy atom. The molecule has 116 valence electrons. The lowest BCUT2D eigenvalue weighted by atomic mass is 10.1. The van der Waals surface area contributed by atoms with Crippen molar-refractivity contribution in [2.45, 2.75) is 24.8 Å². The third kappa shape index (κ3) is 3.09. The first kappa shape index (κ1) is 15.9. The average molecular weight is 312 g/mol. The first-order chi connectivity index (χ1) is 9.87. The lowest BCUT2D eigenvalue weighted by Gasteiger charge is -2.33. The van der Waals surface area contributed by atoms with Crippen molar-refractivity contribution in [3.63, 3.8) is 0 Å². The molecule has 1 fully saturated rings. The second kappa shape index (κ2) is 6.13. The van der Waals surface area contributed by atoms with Crippen molar-refractivity contribution in [3.05, 3.63) is 29.3 Å². The van der Waals surface area contributed by atoms with Crippen LogP contribution >= 0.6 is 0 Å². The number of aryl methyl sites for hydroxylation is 1. The molecule has 1 atom stereocenters. The maximum absolute atomic E-state index is 12.8. The Labute approximate surface area is 125 Å². The topological polar surface area (TPSA) is 75.7 Å². The highest BCUT2D eigenvalue weighted by atomic mass is 32.2. The highest BCUT2D eigenvalue weighted by Crippen LogP contribution is 2.24. The molecule has 0 radical (unpaired) electrons. The van der Waals surface area contributed by atoms with Gasteiger partial charge in [-0.05, 0) is 31.5 Å². The minimum atomic E-state index is -3.62. The second-order valence-corrected chi connectivity index (χ2v) is 7.00. The largest absolute Gasteiger partial charge is 0.465 e. The molecular formula is C14H20N2O4S. The Hall–Kier alpha value is -1.44. The Morgan fingerprint density at radius 1 is 1.43 bits per heavy atom. The summed E-state index contributed by atoms with van der Waals surface area (Å²) in [7, 11) is -2.35. The van der Waals surface area contributed by atoms with E-state index < -0.39 is 16.0 Å². The molecule has 0 amide bonds. The molecule has 21 heavy (non-hydrogen) atoms. The summed E-state index contributed by atoms with van der Waals surface area (Å²) in [5.74, 6) is -0.542. The molecule has 1 heterocycles. The maximum atomic E-state index is 12.8. The first-order valence-electron chi connectivity index (χ1n) is 6.79. The average Bonchev–Trinajstić information content (AvgIpc) is 2.47. The number of carbonyl (C=O) groups is 1. The third-order valence-electron chi connectivity index (χ3n) is 3.64. The van der Waals surface area contributed by atoms with Crippen molar-refractivity contribution in [1.82, 2.24) is 9.62 Å². The zero-order chi connectivity index (χ0) is 15.6. The van der Waals surface area contributed by atoms with Crippen LogP contribution < -0.4 is 5.32 Å². The third-order valence-corrected chi connectivity index (χ3v) is 5.79. The molecule has 1 N–H and O–H groups in total. The normalized spacial score (nSPS) is 20.2. The number of benzene rings is 1. The lowest BCUT2D eigenvalue weighted by Crippen LogP contribution is -2.52. The van der Waals surface area contributed by atoms with Crippen molar-refractivity contribution in [2.75, 3.05) is 26.7 Å². The van der Waals surface area contributed by atoms with Crippen LogP contribution in [-0.2, 0) is 14.8 Å². The van der Waals surface area contributed by atoms with Gasteiger partial charge in [0.05, 0.1) is 17.6 Å². The van der Waals surface area contributed by atoms with E-state index in [4.69, 9.17) is 0 Å². The molecule has 0 aromatic heterocycles. The molecule has 0 aliphatic carbocycles. The van der Waals surface area contributed by atoms with E-state index in [-0.39, 0.29) is 16.5 Å². The summed E-state index contributed by atoms with van der Waals surface area (Å²) in [5.41, 5.74) is 0.859. The first-order valence-corrected chi connectivity index (χ1v) is 8.23. The van der Waals surface area contributed by atoms with Gasteiger partial charge in [0.1, 0.15) is 0 Å². The summed E-state index contributed by atoms with van der Waals surface area (Å²) in [5, 5.41) is 3.16. The highest BCUT2D eigenvalue weighted by molar-refractivity contribution is 7.89. The summed E-state index contributed by atoms with van der Waals surface area (Å²) < 4.78 is 31.8. The number of rotatable bonds is 3. The molecule has 2 rings (SSSR count). The Morgan fingerprint density at radius 3 is 2.76 bits per heavy atom. The van der Waals surface area contributed by atoms with Gasteiger partial charge in [-0.1, -0.05) is 6.07 Å². The lowest BCUT2D eigenvalue weighted by molar-refractivity contribution is 0.0600. The van der Waals surface area contributed by atoms with E-state index in [1.807, 2.05) is 6.92 Å². The molecule has 7 heteroatoms. The molecule has 1 unspecified atom stereocenters. The van der Waals surface area contributed by atoms with Gasteiger partial charge in [0, 0.05) is 25.7 Å². The van der Waals surface area contributed by atoms with Gasteiger partial charge in [0.25, 0.3) is 0 Å². The van der Waals surface area contributed by atoms with Gasteiger partial charge in [-0.3, -0.25) is 0 Å². The maximum Gasteiger partial charge on any atom is 0.337 e. The van der Waals surface area contributed by atoms with Crippen LogP contribution in [-0.4, -0.2) is 51.5 Å². The zero-order valence-corrected chi connectivity index (χ0v) is 13.2. The Bertz CT molecular complexity index is 642. The second-order valence-electron chi connectivity index (χ2n) is 5.14. The number of carbonyl (C=O) groups excluding carboxylic acids is 1. The van der Waals surface area contributed by atoms with E-state index in [0.29, 0.717) is 25.2 Å². The number of esters is 1. The number of piperazine rings is 1. The van der Waals surface area contributed by atoms with Gasteiger partial charge in [-0.25, -0.2) is 13.2 Å². The fraction of sp³-hybridized carbons (Fsp3) is 0.500. The number of sulfonamides is 1. The molecule has 0 spiro atoms. The van der Waals surface area contributed by atoms with E-state index >= 15 is 0 Å². The summed E-state index contributed by atoms with van der Waals surface area (Å²) in [6.07, 6.45) is 0. The summed E-state index contributed by atoms with van der Waals surface area (Å²) in [6, 6.07) is 4.48. The quantitative estimate of drug-likeness (QED) is 0.834. The molecule has 1 aliphatic rings. The van der Waals surface area contributed by atoms with Crippen LogP contribution in [0.3, 0.4) is 0 Å². The van der Waals surface area contributed by atoms with Crippen LogP contribution in [0.2, 0.25) is 0 Å².